The third-order valence-corrected chi connectivity index (χ3v) is 4.43. The fourth-order valence-corrected chi connectivity index (χ4v) is 3.34. The van der Waals surface area contributed by atoms with Gasteiger partial charge >= 0.3 is 0 Å². The van der Waals surface area contributed by atoms with E-state index in [0.29, 0.717) is 18.1 Å². The SMILES string of the molecule is CC(CC1CCCCN1)N[C@H](C)c1cccc(Br)c1. The molecule has 106 valence electrons. The molecular weight excluding hydrogens is 300 g/mol. The molecule has 2 unspecified atom stereocenters. The highest BCUT2D eigenvalue weighted by Gasteiger charge is 2.17. The number of rotatable bonds is 5. The lowest BCUT2D eigenvalue weighted by Crippen LogP contribution is -2.40. The number of piperidine rings is 1. The smallest absolute Gasteiger partial charge is 0.0294 e. The molecule has 0 spiro atoms. The van der Waals surface area contributed by atoms with Crippen LogP contribution in [0, 0.1) is 0 Å². The van der Waals surface area contributed by atoms with E-state index in [1.807, 2.05) is 0 Å². The molecule has 2 rings (SSSR count). The van der Waals surface area contributed by atoms with Gasteiger partial charge in [-0.05, 0) is 57.4 Å². The second-order valence-electron chi connectivity index (χ2n) is 5.73. The van der Waals surface area contributed by atoms with Crippen LogP contribution in [0.3, 0.4) is 0 Å². The zero-order chi connectivity index (χ0) is 13.7. The van der Waals surface area contributed by atoms with Crippen LogP contribution in [0.2, 0.25) is 0 Å². The van der Waals surface area contributed by atoms with Crippen molar-refractivity contribution >= 4 is 15.9 Å². The molecule has 0 amide bonds. The fraction of sp³-hybridized carbons (Fsp3) is 0.625. The summed E-state index contributed by atoms with van der Waals surface area (Å²) in [4.78, 5) is 0. The molecule has 1 aliphatic rings. The monoisotopic (exact) mass is 324 g/mol. The standard InChI is InChI=1S/C16H25BrN2/c1-12(10-16-8-3-4-9-18-16)19-13(2)14-6-5-7-15(17)11-14/h5-7,11-13,16,18-19H,3-4,8-10H2,1-2H3/t12?,13-,16?/m1/s1. The minimum absolute atomic E-state index is 0.399. The highest BCUT2D eigenvalue weighted by atomic mass is 79.9. The van der Waals surface area contributed by atoms with Crippen molar-refractivity contribution in [3.63, 3.8) is 0 Å². The van der Waals surface area contributed by atoms with Crippen molar-refractivity contribution in [1.29, 1.82) is 0 Å². The summed E-state index contributed by atoms with van der Waals surface area (Å²) in [5.74, 6) is 0. The fourth-order valence-electron chi connectivity index (χ4n) is 2.92. The minimum Gasteiger partial charge on any atom is -0.314 e. The van der Waals surface area contributed by atoms with Crippen molar-refractivity contribution in [3.05, 3.63) is 34.3 Å². The van der Waals surface area contributed by atoms with Crippen LogP contribution in [0.1, 0.15) is 51.1 Å². The van der Waals surface area contributed by atoms with Gasteiger partial charge in [0.2, 0.25) is 0 Å². The van der Waals surface area contributed by atoms with Crippen LogP contribution in [-0.2, 0) is 0 Å². The first-order valence-electron chi connectivity index (χ1n) is 7.40. The summed E-state index contributed by atoms with van der Waals surface area (Å²) >= 11 is 3.54. The van der Waals surface area contributed by atoms with Gasteiger partial charge in [-0.2, -0.15) is 0 Å². The Morgan fingerprint density at radius 2 is 2.21 bits per heavy atom. The van der Waals surface area contributed by atoms with Crippen molar-refractivity contribution in [2.24, 2.45) is 0 Å². The Hall–Kier alpha value is -0.380. The maximum Gasteiger partial charge on any atom is 0.0294 e. The molecule has 2 nitrogen and oxygen atoms in total. The van der Waals surface area contributed by atoms with Gasteiger partial charge < -0.3 is 10.6 Å². The van der Waals surface area contributed by atoms with Gasteiger partial charge in [0.1, 0.15) is 0 Å². The lowest BCUT2D eigenvalue weighted by atomic mass is 9.98. The summed E-state index contributed by atoms with van der Waals surface area (Å²) in [6.07, 6.45) is 5.27. The minimum atomic E-state index is 0.399. The van der Waals surface area contributed by atoms with Gasteiger partial charge in [-0.3, -0.25) is 0 Å². The Kier molecular flexibility index (Phi) is 5.86. The summed E-state index contributed by atoms with van der Waals surface area (Å²) in [6, 6.07) is 10.2. The Balaban J connectivity index is 1.82. The molecule has 3 atom stereocenters. The molecular formula is C16H25BrN2. The van der Waals surface area contributed by atoms with Crippen LogP contribution in [0.4, 0.5) is 0 Å². The normalized spacial score (nSPS) is 23.0. The maximum absolute atomic E-state index is 3.71. The van der Waals surface area contributed by atoms with Gasteiger partial charge in [-0.1, -0.05) is 34.5 Å². The number of nitrogens with one attached hydrogen (secondary N) is 2. The third kappa shape index (κ3) is 4.90. The highest BCUT2D eigenvalue weighted by molar-refractivity contribution is 9.10. The predicted octanol–water partition coefficient (Wildman–Crippen LogP) is 4.02. The van der Waals surface area contributed by atoms with E-state index in [9.17, 15) is 0 Å². The zero-order valence-corrected chi connectivity index (χ0v) is 13.5. The Morgan fingerprint density at radius 3 is 2.89 bits per heavy atom. The van der Waals surface area contributed by atoms with Gasteiger partial charge in [-0.25, -0.2) is 0 Å². The molecule has 0 saturated carbocycles. The topological polar surface area (TPSA) is 24.1 Å². The predicted molar refractivity (Wildman–Crippen MR) is 85.4 cm³/mol. The van der Waals surface area contributed by atoms with Crippen LogP contribution in [0.5, 0.6) is 0 Å². The Labute approximate surface area is 125 Å². The average molecular weight is 325 g/mol. The van der Waals surface area contributed by atoms with E-state index >= 15 is 0 Å². The van der Waals surface area contributed by atoms with Gasteiger partial charge in [-0.15, -0.1) is 0 Å². The van der Waals surface area contributed by atoms with Crippen LogP contribution in [-0.4, -0.2) is 18.6 Å². The van der Waals surface area contributed by atoms with Crippen LogP contribution >= 0.6 is 15.9 Å². The molecule has 1 fully saturated rings. The highest BCUT2D eigenvalue weighted by Crippen LogP contribution is 2.19. The molecule has 2 N–H and O–H groups in total. The molecule has 0 aromatic heterocycles. The van der Waals surface area contributed by atoms with E-state index in [4.69, 9.17) is 0 Å². The first-order chi connectivity index (χ1) is 9.15. The van der Waals surface area contributed by atoms with Gasteiger partial charge in [0.15, 0.2) is 0 Å². The summed E-state index contributed by atoms with van der Waals surface area (Å²) in [7, 11) is 0. The number of benzene rings is 1. The van der Waals surface area contributed by atoms with E-state index < -0.39 is 0 Å². The number of hydrogen-bond acceptors (Lipinski definition) is 2. The quantitative estimate of drug-likeness (QED) is 0.854. The maximum atomic E-state index is 3.71. The van der Waals surface area contributed by atoms with Crippen molar-refractivity contribution < 1.29 is 0 Å². The first kappa shape index (κ1) is 15.0. The molecule has 1 heterocycles. The van der Waals surface area contributed by atoms with Gasteiger partial charge in [0, 0.05) is 22.6 Å². The first-order valence-corrected chi connectivity index (χ1v) is 8.19. The Bertz CT molecular complexity index is 388. The van der Waals surface area contributed by atoms with Crippen molar-refractivity contribution in [2.75, 3.05) is 6.54 Å². The average Bonchev–Trinajstić information content (AvgIpc) is 2.39. The molecule has 1 aromatic rings. The van der Waals surface area contributed by atoms with Gasteiger partial charge in [0.25, 0.3) is 0 Å². The molecule has 0 bridgehead atoms. The molecule has 0 radical (unpaired) electrons. The molecule has 0 aliphatic carbocycles. The zero-order valence-electron chi connectivity index (χ0n) is 12.0. The number of hydrogen-bond donors (Lipinski definition) is 2. The van der Waals surface area contributed by atoms with Crippen molar-refractivity contribution in [2.45, 2.75) is 57.7 Å². The summed E-state index contributed by atoms with van der Waals surface area (Å²) in [5, 5.41) is 7.33. The lowest BCUT2D eigenvalue weighted by Gasteiger charge is -2.28. The second kappa shape index (κ2) is 7.41. The molecule has 1 aliphatic heterocycles. The molecule has 1 saturated heterocycles. The van der Waals surface area contributed by atoms with Gasteiger partial charge in [0.05, 0.1) is 0 Å². The van der Waals surface area contributed by atoms with E-state index in [-0.39, 0.29) is 0 Å². The van der Waals surface area contributed by atoms with Crippen molar-refractivity contribution in [3.8, 4) is 0 Å². The Morgan fingerprint density at radius 1 is 1.37 bits per heavy atom. The summed E-state index contributed by atoms with van der Waals surface area (Å²) in [5.41, 5.74) is 1.35. The van der Waals surface area contributed by atoms with Crippen LogP contribution < -0.4 is 10.6 Å². The van der Waals surface area contributed by atoms with E-state index in [0.717, 1.165) is 4.47 Å². The molecule has 19 heavy (non-hydrogen) atoms. The van der Waals surface area contributed by atoms with E-state index in [2.05, 4.69) is 64.7 Å². The third-order valence-electron chi connectivity index (χ3n) is 3.93. The second-order valence-corrected chi connectivity index (χ2v) is 6.64. The summed E-state index contributed by atoms with van der Waals surface area (Å²) in [6.45, 7) is 5.73. The summed E-state index contributed by atoms with van der Waals surface area (Å²) < 4.78 is 1.15. The van der Waals surface area contributed by atoms with Crippen LogP contribution in [0.25, 0.3) is 0 Å². The molecule has 3 heteroatoms. The molecule has 1 aromatic carbocycles. The van der Waals surface area contributed by atoms with E-state index in [1.165, 1.54) is 37.8 Å². The van der Waals surface area contributed by atoms with Crippen molar-refractivity contribution in [1.82, 2.24) is 10.6 Å². The number of halogens is 1. The lowest BCUT2D eigenvalue weighted by molar-refractivity contribution is 0.334. The van der Waals surface area contributed by atoms with Crippen LogP contribution in [0.15, 0.2) is 28.7 Å². The van der Waals surface area contributed by atoms with E-state index in [1.54, 1.807) is 0 Å². The largest absolute Gasteiger partial charge is 0.314 e.